The molecule has 0 aromatic carbocycles. The Morgan fingerprint density at radius 3 is 2.03 bits per heavy atom. The van der Waals surface area contributed by atoms with Gasteiger partial charge in [0.05, 0.1) is 0 Å². The van der Waals surface area contributed by atoms with Gasteiger partial charge in [-0.2, -0.15) is 0 Å². The molecule has 0 bridgehead atoms. The summed E-state index contributed by atoms with van der Waals surface area (Å²) in [6.45, 7) is 16.0. The van der Waals surface area contributed by atoms with E-state index in [0.29, 0.717) is 0 Å². The average Bonchev–Trinajstić information content (AvgIpc) is 3.08. The fourth-order valence-electron chi connectivity index (χ4n) is 5.22. The first-order valence-electron chi connectivity index (χ1n) is 12.9. The van der Waals surface area contributed by atoms with Crippen LogP contribution in [0.25, 0.3) is 0 Å². The molecule has 1 saturated heterocycles. The molecule has 2 fully saturated rings. The van der Waals surface area contributed by atoms with E-state index in [9.17, 15) is 32.8 Å². The van der Waals surface area contributed by atoms with Crippen LogP contribution in [-0.2, 0) is 19.2 Å². The van der Waals surface area contributed by atoms with Crippen LogP contribution in [0.4, 0.5) is 13.6 Å². The topological polar surface area (TPSA) is 151 Å². The molecule has 12 heteroatoms. The molecule has 2 aliphatic rings. The number of alkyl halides is 2. The van der Waals surface area contributed by atoms with E-state index in [0.717, 1.165) is 0 Å². The maximum Gasteiger partial charge on any atom is 0.315 e. The molecule has 1 aliphatic carbocycles. The van der Waals surface area contributed by atoms with Crippen LogP contribution in [0.15, 0.2) is 0 Å². The fraction of sp³-hybridized carbons (Fsp3) is 0.808. The first-order chi connectivity index (χ1) is 17.0. The number of hydrogen-bond donors (Lipinski definition) is 4. The van der Waals surface area contributed by atoms with Crippen LogP contribution < -0.4 is 21.7 Å². The van der Waals surface area contributed by atoms with Crippen molar-refractivity contribution < 1.29 is 32.8 Å². The minimum absolute atomic E-state index is 0.0337. The Balaban J connectivity index is 2.36. The third kappa shape index (κ3) is 6.99. The molecule has 1 heterocycles. The van der Waals surface area contributed by atoms with Crippen LogP contribution in [-0.4, -0.2) is 70.6 Å². The predicted octanol–water partition coefficient (Wildman–Crippen LogP) is 1.96. The number of rotatable bonds is 9. The second kappa shape index (κ2) is 10.4. The van der Waals surface area contributed by atoms with Crippen molar-refractivity contribution in [1.82, 2.24) is 20.9 Å². The zero-order valence-electron chi connectivity index (χ0n) is 23.8. The third-order valence-electron chi connectivity index (χ3n) is 7.53. The molecule has 1 saturated carbocycles. The van der Waals surface area contributed by atoms with Gasteiger partial charge in [-0.3, -0.25) is 19.2 Å². The number of carbonyl (C=O) groups is 5. The van der Waals surface area contributed by atoms with E-state index in [4.69, 9.17) is 5.73 Å². The zero-order valence-corrected chi connectivity index (χ0v) is 23.8. The molecule has 0 aromatic rings. The van der Waals surface area contributed by atoms with Gasteiger partial charge in [-0.25, -0.2) is 13.6 Å². The van der Waals surface area contributed by atoms with E-state index in [1.807, 2.05) is 13.8 Å². The molecule has 0 aromatic heterocycles. The van der Waals surface area contributed by atoms with Crippen molar-refractivity contribution in [3.63, 3.8) is 0 Å². The van der Waals surface area contributed by atoms with Gasteiger partial charge in [0.25, 0.3) is 5.91 Å². The number of nitrogens with two attached hydrogens (primary N) is 1. The van der Waals surface area contributed by atoms with Crippen LogP contribution in [0, 0.1) is 22.7 Å². The molecule has 2 rings (SSSR count). The van der Waals surface area contributed by atoms with Crippen molar-refractivity contribution in [2.75, 3.05) is 6.54 Å². The van der Waals surface area contributed by atoms with Crippen LogP contribution in [0.2, 0.25) is 0 Å². The summed E-state index contributed by atoms with van der Waals surface area (Å²) >= 11 is 0. The molecule has 0 spiro atoms. The lowest BCUT2D eigenvalue weighted by Gasteiger charge is -2.38. The van der Waals surface area contributed by atoms with E-state index >= 15 is 0 Å². The van der Waals surface area contributed by atoms with E-state index in [1.165, 1.54) is 11.8 Å². The number of halogens is 2. The molecule has 5 N–H and O–H groups in total. The molecule has 10 nitrogen and oxygen atoms in total. The Morgan fingerprint density at radius 1 is 1.03 bits per heavy atom. The number of Topliss-reactive ketones (excluding diaryl/α,β-unsaturated/α-hetero) is 1. The number of piperidine rings is 1. The number of carbonyl (C=O) groups excluding carboxylic acids is 5. The monoisotopic (exact) mass is 543 g/mol. The number of ketones is 1. The van der Waals surface area contributed by atoms with Crippen molar-refractivity contribution in [1.29, 1.82) is 0 Å². The number of likely N-dealkylation sites (tertiary alicyclic amines) is 1. The largest absolute Gasteiger partial charge is 0.363 e. The Labute approximate surface area is 223 Å². The molecule has 1 aliphatic heterocycles. The Bertz CT molecular complexity index is 985. The van der Waals surface area contributed by atoms with Crippen molar-refractivity contribution in [2.45, 2.75) is 105 Å². The SMILES string of the molecule is CCC(F)(F)CC(NC(=O)C1[C@@H]2[C@H](CN1C(=O)[C@@H](NC(=O)NC(C)(C)C)C(C)(C)C)C2(C)C)C(=O)C(N)=O. The second-order valence-corrected chi connectivity index (χ2v) is 13.2. The molecule has 0 radical (unpaired) electrons. The second-order valence-electron chi connectivity index (χ2n) is 13.2. The van der Waals surface area contributed by atoms with Gasteiger partial charge in [-0.15, -0.1) is 0 Å². The van der Waals surface area contributed by atoms with E-state index < -0.39 is 77.4 Å². The van der Waals surface area contributed by atoms with Gasteiger partial charge in [0.1, 0.15) is 18.1 Å². The summed E-state index contributed by atoms with van der Waals surface area (Å²) in [5.74, 6) is -7.72. The fourth-order valence-corrected chi connectivity index (χ4v) is 5.22. The lowest BCUT2D eigenvalue weighted by molar-refractivity contribution is -0.145. The van der Waals surface area contributed by atoms with Crippen LogP contribution >= 0.6 is 0 Å². The van der Waals surface area contributed by atoms with Crippen LogP contribution in [0.3, 0.4) is 0 Å². The van der Waals surface area contributed by atoms with Crippen molar-refractivity contribution in [3.05, 3.63) is 0 Å². The van der Waals surface area contributed by atoms with Crippen molar-refractivity contribution >= 4 is 29.5 Å². The number of amides is 5. The number of nitrogens with zero attached hydrogens (tertiary/aromatic N) is 1. The number of nitrogens with one attached hydrogen (secondary N) is 3. The summed E-state index contributed by atoms with van der Waals surface area (Å²) in [5, 5.41) is 7.78. The van der Waals surface area contributed by atoms with Crippen molar-refractivity contribution in [3.8, 4) is 0 Å². The number of fused-ring (bicyclic) bond motifs is 1. The maximum atomic E-state index is 14.2. The number of hydrogen-bond acceptors (Lipinski definition) is 5. The van der Waals surface area contributed by atoms with Gasteiger partial charge in [0.15, 0.2) is 0 Å². The highest BCUT2D eigenvalue weighted by molar-refractivity contribution is 6.37. The molecule has 216 valence electrons. The normalized spacial score (nSPS) is 24.1. The van der Waals surface area contributed by atoms with Gasteiger partial charge >= 0.3 is 6.03 Å². The summed E-state index contributed by atoms with van der Waals surface area (Å²) in [7, 11) is 0. The van der Waals surface area contributed by atoms with E-state index in [-0.39, 0.29) is 23.8 Å². The first-order valence-corrected chi connectivity index (χ1v) is 12.9. The minimum Gasteiger partial charge on any atom is -0.363 e. The van der Waals surface area contributed by atoms with E-state index in [2.05, 4.69) is 16.0 Å². The molecule has 5 amide bonds. The summed E-state index contributed by atoms with van der Waals surface area (Å²) in [4.78, 5) is 65.2. The highest BCUT2D eigenvalue weighted by Crippen LogP contribution is 2.65. The Morgan fingerprint density at radius 2 is 1.58 bits per heavy atom. The van der Waals surface area contributed by atoms with E-state index in [1.54, 1.807) is 41.5 Å². The average molecular weight is 544 g/mol. The van der Waals surface area contributed by atoms with Gasteiger partial charge in [-0.05, 0) is 43.4 Å². The van der Waals surface area contributed by atoms with Crippen LogP contribution in [0.1, 0.15) is 75.2 Å². The maximum absolute atomic E-state index is 14.2. The first kappa shape index (κ1) is 31.4. The quantitative estimate of drug-likeness (QED) is 0.328. The lowest BCUT2D eigenvalue weighted by Crippen LogP contribution is -2.62. The summed E-state index contributed by atoms with van der Waals surface area (Å²) in [6, 6.07) is -4.46. The number of primary amides is 1. The highest BCUT2D eigenvalue weighted by atomic mass is 19.3. The molecular weight excluding hydrogens is 500 g/mol. The zero-order chi connectivity index (χ0) is 29.6. The molecule has 2 unspecified atom stereocenters. The molecule has 38 heavy (non-hydrogen) atoms. The van der Waals surface area contributed by atoms with Crippen molar-refractivity contribution in [2.24, 2.45) is 28.4 Å². The lowest BCUT2D eigenvalue weighted by atomic mass is 9.85. The number of urea groups is 1. The third-order valence-corrected chi connectivity index (χ3v) is 7.53. The van der Waals surface area contributed by atoms with Gasteiger partial charge in [0, 0.05) is 24.9 Å². The van der Waals surface area contributed by atoms with Gasteiger partial charge in [0.2, 0.25) is 23.5 Å². The van der Waals surface area contributed by atoms with Gasteiger partial charge < -0.3 is 26.6 Å². The minimum atomic E-state index is -3.32. The van der Waals surface area contributed by atoms with Gasteiger partial charge in [-0.1, -0.05) is 41.5 Å². The smallest absolute Gasteiger partial charge is 0.315 e. The highest BCUT2D eigenvalue weighted by Gasteiger charge is 2.70. The Hall–Kier alpha value is -2.79. The summed E-state index contributed by atoms with van der Waals surface area (Å²) in [5.41, 5.74) is 3.47. The predicted molar refractivity (Wildman–Crippen MR) is 137 cm³/mol. The summed E-state index contributed by atoms with van der Waals surface area (Å²) in [6.07, 6.45) is -1.69. The van der Waals surface area contributed by atoms with Crippen LogP contribution in [0.5, 0.6) is 0 Å². The summed E-state index contributed by atoms with van der Waals surface area (Å²) < 4.78 is 28.4. The Kier molecular flexibility index (Phi) is 8.61. The standard InChI is InChI=1S/C26H43F2N5O5/c1-10-26(27,28)11-14(17(34)19(29)35)30-20(36)16-15-13(25(15,8)9)12-33(16)21(37)18(23(2,3)4)31-22(38)32-24(5,6)7/h13-16,18H,10-12H2,1-9H3,(H2,29,35)(H,30,36)(H2,31,32,38)/t13-,14?,15-,16?,18+/m0/s1. The molecule has 5 atom stereocenters. The molecular formula is C26H43F2N5O5.